The minimum absolute atomic E-state index is 0.396. The van der Waals surface area contributed by atoms with E-state index in [4.69, 9.17) is 4.98 Å². The first-order chi connectivity index (χ1) is 14.4. The van der Waals surface area contributed by atoms with E-state index in [1.165, 1.54) is 24.1 Å². The molecule has 0 N–H and O–H groups in total. The van der Waals surface area contributed by atoms with Gasteiger partial charge >= 0.3 is 0 Å². The van der Waals surface area contributed by atoms with Gasteiger partial charge in [0.2, 0.25) is 0 Å². The Bertz CT molecular complexity index is 933. The molecule has 2 saturated heterocycles. The highest BCUT2D eigenvalue weighted by molar-refractivity contribution is 5.54. The Morgan fingerprint density at radius 3 is 2.76 bits per heavy atom. The summed E-state index contributed by atoms with van der Waals surface area (Å²) in [4.78, 5) is 13.8. The van der Waals surface area contributed by atoms with Crippen molar-refractivity contribution in [1.29, 1.82) is 0 Å². The molecule has 0 aliphatic carbocycles. The molecule has 0 amide bonds. The third-order valence-electron chi connectivity index (χ3n) is 6.03. The van der Waals surface area contributed by atoms with E-state index < -0.39 is 0 Å². The molecule has 3 aromatic heterocycles. The quantitative estimate of drug-likeness (QED) is 0.668. The number of imidazole rings is 1. The first-order valence-electron chi connectivity index (χ1n) is 10.6. The van der Waals surface area contributed by atoms with Crippen molar-refractivity contribution >= 4 is 11.5 Å². The lowest BCUT2D eigenvalue weighted by atomic mass is 9.97. The Morgan fingerprint density at radius 1 is 1.00 bits per heavy atom. The van der Waals surface area contributed by atoms with E-state index in [1.807, 2.05) is 30.9 Å². The zero-order valence-corrected chi connectivity index (χ0v) is 16.7. The maximum absolute atomic E-state index is 4.72. The van der Waals surface area contributed by atoms with Crippen LogP contribution in [0.5, 0.6) is 0 Å². The number of aromatic nitrogens is 5. The van der Waals surface area contributed by atoms with E-state index in [0.29, 0.717) is 5.92 Å². The van der Waals surface area contributed by atoms with Gasteiger partial charge in [-0.2, -0.15) is 5.10 Å². The Balaban J connectivity index is 1.33. The fourth-order valence-corrected chi connectivity index (χ4v) is 4.55. The molecule has 29 heavy (non-hydrogen) atoms. The maximum Gasteiger partial charge on any atom is 0.153 e. The molecule has 0 unspecified atom stereocenters. The molecular formula is C22H27N7. The Labute approximate surface area is 171 Å². The average molecular weight is 390 g/mol. The standard InChI is InChI=1S/C22H27N7/c1-2-10-27(9-1)20-13-21(26-25-15-20)28-11-4-6-19(17-28)22-24-8-12-29(22)16-18-5-3-7-23-14-18/h3,5,7-8,12-15,19H,1-2,4,6,9-11,16-17H2/t19-/m0/s1. The van der Waals surface area contributed by atoms with Crippen LogP contribution in [0.4, 0.5) is 11.5 Å². The molecule has 3 aromatic rings. The topological polar surface area (TPSA) is 63.0 Å². The predicted molar refractivity (Wildman–Crippen MR) is 113 cm³/mol. The second kappa shape index (κ2) is 8.19. The van der Waals surface area contributed by atoms with Crippen LogP contribution in [0.3, 0.4) is 0 Å². The molecule has 5 rings (SSSR count). The van der Waals surface area contributed by atoms with Crippen molar-refractivity contribution < 1.29 is 0 Å². The van der Waals surface area contributed by atoms with Crippen LogP contribution in [0.15, 0.2) is 49.2 Å². The molecule has 7 heteroatoms. The molecule has 2 fully saturated rings. The van der Waals surface area contributed by atoms with Crippen molar-refractivity contribution in [1.82, 2.24) is 24.7 Å². The lowest BCUT2D eigenvalue weighted by molar-refractivity contribution is 0.473. The van der Waals surface area contributed by atoms with Gasteiger partial charge in [0.15, 0.2) is 5.82 Å². The highest BCUT2D eigenvalue weighted by Gasteiger charge is 2.26. The van der Waals surface area contributed by atoms with Gasteiger partial charge in [0, 0.05) is 63.0 Å². The second-order valence-electron chi connectivity index (χ2n) is 8.03. The minimum atomic E-state index is 0.396. The van der Waals surface area contributed by atoms with Gasteiger partial charge in [-0.25, -0.2) is 4.98 Å². The van der Waals surface area contributed by atoms with Gasteiger partial charge in [-0.05, 0) is 37.3 Å². The highest BCUT2D eigenvalue weighted by atomic mass is 15.3. The number of anilines is 2. The minimum Gasteiger partial charge on any atom is -0.370 e. The fraction of sp³-hybridized carbons (Fsp3) is 0.455. The summed E-state index contributed by atoms with van der Waals surface area (Å²) in [7, 11) is 0. The van der Waals surface area contributed by atoms with E-state index >= 15 is 0 Å². The zero-order valence-electron chi connectivity index (χ0n) is 16.7. The van der Waals surface area contributed by atoms with Gasteiger partial charge < -0.3 is 14.4 Å². The second-order valence-corrected chi connectivity index (χ2v) is 8.03. The van der Waals surface area contributed by atoms with Crippen LogP contribution < -0.4 is 9.80 Å². The van der Waals surface area contributed by atoms with Gasteiger partial charge in [-0.1, -0.05) is 6.07 Å². The lowest BCUT2D eigenvalue weighted by Crippen LogP contribution is -2.36. The number of hydrogen-bond acceptors (Lipinski definition) is 6. The van der Waals surface area contributed by atoms with Crippen molar-refractivity contribution in [2.24, 2.45) is 0 Å². The van der Waals surface area contributed by atoms with E-state index in [9.17, 15) is 0 Å². The molecule has 5 heterocycles. The molecule has 0 aromatic carbocycles. The zero-order chi connectivity index (χ0) is 19.5. The Kier molecular flexibility index (Phi) is 5.11. The smallest absolute Gasteiger partial charge is 0.153 e. The Morgan fingerprint density at radius 2 is 1.90 bits per heavy atom. The lowest BCUT2D eigenvalue weighted by Gasteiger charge is -2.33. The van der Waals surface area contributed by atoms with Crippen molar-refractivity contribution in [2.45, 2.75) is 38.1 Å². The van der Waals surface area contributed by atoms with E-state index in [1.54, 1.807) is 0 Å². The predicted octanol–water partition coefficient (Wildman–Crippen LogP) is 3.10. The van der Waals surface area contributed by atoms with Gasteiger partial charge in [0.1, 0.15) is 5.82 Å². The van der Waals surface area contributed by atoms with Gasteiger partial charge in [0.25, 0.3) is 0 Å². The summed E-state index contributed by atoms with van der Waals surface area (Å²) < 4.78 is 2.26. The van der Waals surface area contributed by atoms with Crippen LogP contribution >= 0.6 is 0 Å². The number of hydrogen-bond donors (Lipinski definition) is 0. The normalized spacial score (nSPS) is 19.7. The summed E-state index contributed by atoms with van der Waals surface area (Å²) in [5, 5.41) is 8.76. The van der Waals surface area contributed by atoms with Gasteiger partial charge in [0.05, 0.1) is 18.4 Å². The maximum atomic E-state index is 4.72. The monoisotopic (exact) mass is 389 g/mol. The summed E-state index contributed by atoms with van der Waals surface area (Å²) in [5.74, 6) is 2.54. The average Bonchev–Trinajstić information content (AvgIpc) is 3.47. The van der Waals surface area contributed by atoms with Crippen molar-refractivity contribution in [2.75, 3.05) is 36.0 Å². The van der Waals surface area contributed by atoms with E-state index in [-0.39, 0.29) is 0 Å². The summed E-state index contributed by atoms with van der Waals surface area (Å²) >= 11 is 0. The summed E-state index contributed by atoms with van der Waals surface area (Å²) in [6.45, 7) is 5.02. The summed E-state index contributed by atoms with van der Waals surface area (Å²) in [5.41, 5.74) is 2.40. The van der Waals surface area contributed by atoms with Crippen LogP contribution in [0, 0.1) is 0 Å². The molecule has 0 bridgehead atoms. The van der Waals surface area contributed by atoms with Crippen LogP contribution in [-0.2, 0) is 6.54 Å². The number of pyridine rings is 1. The van der Waals surface area contributed by atoms with E-state index in [2.05, 4.69) is 47.9 Å². The summed E-state index contributed by atoms with van der Waals surface area (Å²) in [6, 6.07) is 6.31. The SMILES string of the molecule is c1cncc(Cn2ccnc2[C@H]2CCCN(c3cc(N4CCCC4)cnn3)C2)c1. The molecule has 2 aliphatic rings. The van der Waals surface area contributed by atoms with Gasteiger partial charge in [-0.3, -0.25) is 4.98 Å². The molecule has 1 atom stereocenters. The van der Waals surface area contributed by atoms with Crippen molar-refractivity contribution in [3.8, 4) is 0 Å². The molecular weight excluding hydrogens is 362 g/mol. The fourth-order valence-electron chi connectivity index (χ4n) is 4.55. The number of rotatable bonds is 5. The van der Waals surface area contributed by atoms with Crippen molar-refractivity contribution in [3.05, 3.63) is 60.6 Å². The summed E-state index contributed by atoms with van der Waals surface area (Å²) in [6.07, 6.45) is 14.5. The van der Waals surface area contributed by atoms with E-state index in [0.717, 1.165) is 57.2 Å². The van der Waals surface area contributed by atoms with Crippen LogP contribution in [-0.4, -0.2) is 50.9 Å². The third-order valence-corrected chi connectivity index (χ3v) is 6.03. The van der Waals surface area contributed by atoms with Crippen LogP contribution in [0.2, 0.25) is 0 Å². The number of piperidine rings is 1. The highest BCUT2D eigenvalue weighted by Crippen LogP contribution is 2.30. The molecule has 2 aliphatic heterocycles. The Hall–Kier alpha value is -2.96. The first-order valence-corrected chi connectivity index (χ1v) is 10.6. The van der Waals surface area contributed by atoms with Crippen molar-refractivity contribution in [3.63, 3.8) is 0 Å². The first kappa shape index (κ1) is 18.1. The molecule has 0 radical (unpaired) electrons. The van der Waals surface area contributed by atoms with Crippen LogP contribution in [0.1, 0.15) is 43.0 Å². The van der Waals surface area contributed by atoms with Gasteiger partial charge in [-0.15, -0.1) is 5.10 Å². The molecule has 0 saturated carbocycles. The number of nitrogens with zero attached hydrogens (tertiary/aromatic N) is 7. The molecule has 7 nitrogen and oxygen atoms in total. The van der Waals surface area contributed by atoms with Crippen LogP contribution in [0.25, 0.3) is 0 Å². The third kappa shape index (κ3) is 3.95. The largest absolute Gasteiger partial charge is 0.370 e. The molecule has 0 spiro atoms. The molecule has 150 valence electrons.